The number of alkyl halides is 3. The van der Waals surface area contributed by atoms with E-state index in [1.165, 1.54) is 25.9 Å². The van der Waals surface area contributed by atoms with E-state index in [1.807, 2.05) is 13.8 Å². The van der Waals surface area contributed by atoms with Gasteiger partial charge in [-0.1, -0.05) is 20.8 Å². The third-order valence-electron chi connectivity index (χ3n) is 8.74. The largest absolute Gasteiger partial charge is 0.508 e. The van der Waals surface area contributed by atoms with Crippen LogP contribution in [0.5, 0.6) is 5.75 Å². The minimum Gasteiger partial charge on any atom is -0.508 e. The number of nitrogens with two attached hydrogens (primary N) is 1. The highest BCUT2D eigenvalue weighted by Gasteiger charge is 2.64. The van der Waals surface area contributed by atoms with Crippen molar-refractivity contribution in [3.8, 4) is 5.75 Å². The Morgan fingerprint density at radius 2 is 1.73 bits per heavy atom. The fraction of sp³-hybridized carbons (Fsp3) is 0.581. The summed E-state index contributed by atoms with van der Waals surface area (Å²) in [4.78, 5) is 42.5. The second kappa shape index (κ2) is 12.4. The normalized spacial score (nSPS) is 25.6. The molecule has 0 spiro atoms. The maximum absolute atomic E-state index is 14.0. The number of halogens is 3. The Labute approximate surface area is 254 Å². The number of hydrogen-bond acceptors (Lipinski definition) is 9. The number of carbonyl (C=O) groups is 3. The number of carbonyl (C=O) groups excluding carboxylic acids is 3. The van der Waals surface area contributed by atoms with E-state index in [2.05, 4.69) is 0 Å². The Morgan fingerprint density at radius 1 is 1.14 bits per heavy atom. The van der Waals surface area contributed by atoms with Crippen molar-refractivity contribution in [1.82, 2.24) is 4.90 Å². The molecule has 10 nitrogen and oxygen atoms in total. The van der Waals surface area contributed by atoms with Crippen molar-refractivity contribution in [2.24, 2.45) is 23.5 Å². The van der Waals surface area contributed by atoms with Gasteiger partial charge in [0.05, 0.1) is 11.6 Å². The number of likely N-dealkylation sites (N-methyl/N-ethyl adjacent to an activating group) is 1. The molecule has 1 unspecified atom stereocenters. The highest BCUT2D eigenvalue weighted by Crippen LogP contribution is 2.54. The number of fused-ring (bicyclic) bond motifs is 3. The number of anilines is 1. The van der Waals surface area contributed by atoms with Crippen molar-refractivity contribution in [1.29, 1.82) is 0 Å². The number of ketones is 2. The number of aliphatic hydroxyl groups is 3. The summed E-state index contributed by atoms with van der Waals surface area (Å²) in [5.74, 6) is -8.17. The predicted molar refractivity (Wildman–Crippen MR) is 158 cm³/mol. The van der Waals surface area contributed by atoms with Gasteiger partial charge in [-0.15, -0.1) is 0 Å². The van der Waals surface area contributed by atoms with E-state index in [9.17, 15) is 48.0 Å². The molecule has 4 rings (SSSR count). The highest BCUT2D eigenvalue weighted by atomic mass is 19.4. The fourth-order valence-electron chi connectivity index (χ4n) is 6.83. The first-order valence-electron chi connectivity index (χ1n) is 14.6. The van der Waals surface area contributed by atoms with Crippen molar-refractivity contribution in [3.05, 3.63) is 39.7 Å². The minimum atomic E-state index is -4.34. The van der Waals surface area contributed by atoms with Crippen LogP contribution in [0.15, 0.2) is 23.0 Å². The lowest BCUT2D eigenvalue weighted by molar-refractivity contribution is -0.153. The van der Waals surface area contributed by atoms with Gasteiger partial charge in [0, 0.05) is 37.7 Å². The standard InChI is InChI=1S/C29H36F3N3O7.C2H6/c1-12(11-28(30,31)32)6-7-13-10-17(34(2)3)15-8-14-9-16-21(35(4)5)24(38)20(27(33)41)26(40)29(16,42)25(39)18(14)23(37)19(15)22(13)36;1-2/h10,12,14,16,21,36-37,40,42H,6-9,11H2,1-5H3,(H2,33,41);1-2H3/t12?,14-,16-,21-,29-;/m0./s1. The summed E-state index contributed by atoms with van der Waals surface area (Å²) in [6, 6.07) is 0.457. The summed E-state index contributed by atoms with van der Waals surface area (Å²) in [6.07, 6.45) is -5.12. The summed E-state index contributed by atoms with van der Waals surface area (Å²) in [7, 11) is 6.49. The molecule has 1 aromatic carbocycles. The molecule has 1 aromatic rings. The molecule has 0 heterocycles. The van der Waals surface area contributed by atoms with Gasteiger partial charge in [-0.25, -0.2) is 0 Å². The lowest BCUT2D eigenvalue weighted by Crippen LogP contribution is -2.65. The number of phenolic OH excluding ortho intramolecular Hbond substituents is 1. The summed E-state index contributed by atoms with van der Waals surface area (Å²) in [5, 5.41) is 45.5. The zero-order valence-electron chi connectivity index (χ0n) is 26.0. The van der Waals surface area contributed by atoms with Crippen molar-refractivity contribution >= 4 is 28.9 Å². The monoisotopic (exact) mass is 625 g/mol. The maximum atomic E-state index is 14.0. The molecule has 5 atom stereocenters. The molecule has 0 aromatic heterocycles. The Balaban J connectivity index is 0.00000259. The zero-order valence-corrected chi connectivity index (χ0v) is 26.0. The van der Waals surface area contributed by atoms with Gasteiger partial charge in [0.2, 0.25) is 5.78 Å². The van der Waals surface area contributed by atoms with Gasteiger partial charge in [-0.05, 0) is 68.8 Å². The number of aryl methyl sites for hydroxylation is 1. The SMILES string of the molecule is CC.CC(CCc1cc(N(C)C)c2c(c1O)C(O)=C1C(=O)[C@]3(O)C(O)=C(C(N)=O)C(=O)[C@@H](N(C)C)[C@@H]3C[C@@H]1C2)CC(F)(F)F. The average molecular weight is 626 g/mol. The van der Waals surface area contributed by atoms with Crippen LogP contribution in [-0.4, -0.2) is 88.8 Å². The van der Waals surface area contributed by atoms with Crippen LogP contribution in [0, 0.1) is 17.8 Å². The quantitative estimate of drug-likeness (QED) is 0.285. The van der Waals surface area contributed by atoms with Crippen LogP contribution in [0.4, 0.5) is 18.9 Å². The summed E-state index contributed by atoms with van der Waals surface area (Å²) >= 11 is 0. The van der Waals surface area contributed by atoms with E-state index in [0.717, 1.165) is 0 Å². The Bertz CT molecular complexity index is 1420. The third-order valence-corrected chi connectivity index (χ3v) is 8.74. The molecule has 3 aliphatic rings. The van der Waals surface area contributed by atoms with Gasteiger partial charge < -0.3 is 31.1 Å². The molecular formula is C31H42F3N3O7. The topological polar surface area (TPSA) is 165 Å². The van der Waals surface area contributed by atoms with Crippen molar-refractivity contribution in [3.63, 3.8) is 0 Å². The Hall–Kier alpha value is -3.58. The number of rotatable bonds is 7. The van der Waals surface area contributed by atoms with Gasteiger partial charge in [0.15, 0.2) is 11.4 Å². The first-order chi connectivity index (χ1) is 20.3. The number of aliphatic hydroxyl groups excluding tert-OH is 2. The van der Waals surface area contributed by atoms with Gasteiger partial charge >= 0.3 is 6.18 Å². The molecule has 6 N–H and O–H groups in total. The van der Waals surface area contributed by atoms with Crippen LogP contribution < -0.4 is 10.6 Å². The molecular weight excluding hydrogens is 583 g/mol. The second-order valence-electron chi connectivity index (χ2n) is 12.1. The number of amides is 1. The molecule has 44 heavy (non-hydrogen) atoms. The summed E-state index contributed by atoms with van der Waals surface area (Å²) in [5.41, 5.74) is 2.64. The van der Waals surface area contributed by atoms with Crippen LogP contribution in [0.1, 0.15) is 56.7 Å². The molecule has 1 amide bonds. The number of aromatic hydroxyl groups is 1. The number of Topliss-reactive ketones (excluding diaryl/α,β-unsaturated/α-hetero) is 2. The molecule has 0 bridgehead atoms. The van der Waals surface area contributed by atoms with Crippen LogP contribution in [0.3, 0.4) is 0 Å². The smallest absolute Gasteiger partial charge is 0.389 e. The van der Waals surface area contributed by atoms with Crippen LogP contribution in [0.2, 0.25) is 0 Å². The van der Waals surface area contributed by atoms with Crippen LogP contribution in [0.25, 0.3) is 5.76 Å². The van der Waals surface area contributed by atoms with Gasteiger partial charge in [0.25, 0.3) is 5.91 Å². The minimum absolute atomic E-state index is 0.0455. The number of benzene rings is 1. The Morgan fingerprint density at radius 3 is 2.23 bits per heavy atom. The number of phenols is 1. The molecule has 244 valence electrons. The van der Waals surface area contributed by atoms with E-state index in [-0.39, 0.29) is 42.4 Å². The summed E-state index contributed by atoms with van der Waals surface area (Å²) in [6.45, 7) is 5.45. The maximum Gasteiger partial charge on any atom is 0.389 e. The molecule has 1 saturated carbocycles. The van der Waals surface area contributed by atoms with Gasteiger partial charge in [0.1, 0.15) is 22.8 Å². The number of nitrogens with zero attached hydrogens (tertiary/aromatic N) is 2. The van der Waals surface area contributed by atoms with Gasteiger partial charge in [-0.3, -0.25) is 19.3 Å². The fourth-order valence-corrected chi connectivity index (χ4v) is 6.83. The van der Waals surface area contributed by atoms with Crippen molar-refractivity contribution in [2.45, 2.75) is 70.7 Å². The summed E-state index contributed by atoms with van der Waals surface area (Å²) < 4.78 is 38.6. The molecule has 1 fully saturated rings. The first kappa shape index (κ1) is 34.9. The van der Waals surface area contributed by atoms with E-state index >= 15 is 0 Å². The third kappa shape index (κ3) is 5.79. The number of hydrogen-bond donors (Lipinski definition) is 5. The van der Waals surface area contributed by atoms with E-state index < -0.39 is 82.3 Å². The highest BCUT2D eigenvalue weighted by molar-refractivity contribution is 6.24. The van der Waals surface area contributed by atoms with Crippen LogP contribution >= 0.6 is 0 Å². The average Bonchev–Trinajstić information content (AvgIpc) is 2.89. The lowest BCUT2D eigenvalue weighted by Gasteiger charge is -2.50. The molecule has 3 aliphatic carbocycles. The zero-order chi connectivity index (χ0) is 33.6. The molecule has 0 saturated heterocycles. The van der Waals surface area contributed by atoms with E-state index in [4.69, 9.17) is 5.73 Å². The predicted octanol–water partition coefficient (Wildman–Crippen LogP) is 3.58. The Kier molecular flexibility index (Phi) is 9.86. The lowest BCUT2D eigenvalue weighted by atomic mass is 9.57. The van der Waals surface area contributed by atoms with E-state index in [1.54, 1.807) is 25.1 Å². The van der Waals surface area contributed by atoms with Gasteiger partial charge in [-0.2, -0.15) is 13.2 Å². The number of primary amides is 1. The van der Waals surface area contributed by atoms with Crippen LogP contribution in [-0.2, 0) is 27.2 Å². The molecule has 0 radical (unpaired) electrons. The molecule has 0 aliphatic heterocycles. The van der Waals surface area contributed by atoms with Crippen molar-refractivity contribution in [2.75, 3.05) is 33.1 Å². The first-order valence-corrected chi connectivity index (χ1v) is 14.6. The second-order valence-corrected chi connectivity index (χ2v) is 12.1. The van der Waals surface area contributed by atoms with Crippen molar-refractivity contribution < 1.29 is 48.0 Å². The van der Waals surface area contributed by atoms with E-state index in [0.29, 0.717) is 11.3 Å². The molecule has 13 heteroatoms.